The minimum atomic E-state index is -0.389. The molecule has 9 nitrogen and oxygen atoms in total. The van der Waals surface area contributed by atoms with Crippen LogP contribution in [0.5, 0.6) is 11.5 Å². The van der Waals surface area contributed by atoms with E-state index in [1.54, 1.807) is 7.11 Å². The second kappa shape index (κ2) is 14.1. The Labute approximate surface area is 283 Å². The fourth-order valence-electron chi connectivity index (χ4n) is 7.24. The number of nitrogens with zero attached hydrogens (tertiary/aromatic N) is 5. The maximum Gasteiger partial charge on any atom is 0.237 e. The lowest BCUT2D eigenvalue weighted by Gasteiger charge is -2.38. The Bertz CT molecular complexity index is 1570. The number of rotatable bonds is 10. The lowest BCUT2D eigenvalue weighted by Crippen LogP contribution is -2.41. The van der Waals surface area contributed by atoms with Crippen molar-refractivity contribution in [1.82, 2.24) is 14.8 Å². The number of hydrogen-bond acceptors (Lipinski definition) is 7. The molecule has 2 aliphatic heterocycles. The molecule has 47 heavy (non-hydrogen) atoms. The first-order valence-electron chi connectivity index (χ1n) is 16.7. The van der Waals surface area contributed by atoms with E-state index in [1.807, 2.05) is 78.5 Å². The number of halogens is 1. The van der Waals surface area contributed by atoms with Crippen LogP contribution in [0, 0.1) is 5.92 Å². The standard InChI is InChI=1S/C37H46ClN5O4/c1-6-24(2)47-33-19-31-27(17-32(33)46-5)18-35(44)43(37(31)26-9-11-28(38)12-10-26)30-15-16-34(39-20-30)40(3)21-25-7-13-29(14-8-25)42-22-36(45)41(4)23-42/h9-12,15-17,19-20,24-25,29,37H,6-8,13-14,18,21-23H2,1-5H3. The third-order valence-corrected chi connectivity index (χ3v) is 10.4. The van der Waals surface area contributed by atoms with Gasteiger partial charge in [0.15, 0.2) is 11.5 Å². The summed E-state index contributed by atoms with van der Waals surface area (Å²) in [5.41, 5.74) is 3.60. The normalized spacial score (nSPS) is 22.3. The predicted octanol–water partition coefficient (Wildman–Crippen LogP) is 6.33. The van der Waals surface area contributed by atoms with E-state index in [0.29, 0.717) is 35.0 Å². The van der Waals surface area contributed by atoms with Crippen molar-refractivity contribution in [3.8, 4) is 11.5 Å². The minimum Gasteiger partial charge on any atom is -0.493 e. The molecule has 2 aromatic carbocycles. The van der Waals surface area contributed by atoms with E-state index >= 15 is 0 Å². The molecule has 2 atom stereocenters. The van der Waals surface area contributed by atoms with Crippen LogP contribution in [0.3, 0.4) is 0 Å². The molecule has 6 rings (SSSR count). The molecule has 2 unspecified atom stereocenters. The number of carbonyl (C=O) groups excluding carboxylic acids is 2. The molecule has 2 amide bonds. The largest absolute Gasteiger partial charge is 0.493 e. The van der Waals surface area contributed by atoms with Gasteiger partial charge in [0.2, 0.25) is 11.8 Å². The zero-order valence-electron chi connectivity index (χ0n) is 28.1. The maximum absolute atomic E-state index is 13.9. The molecular weight excluding hydrogens is 614 g/mol. The predicted molar refractivity (Wildman–Crippen MR) is 185 cm³/mol. The fraction of sp³-hybridized carbons (Fsp3) is 0.486. The van der Waals surface area contributed by atoms with Crippen molar-refractivity contribution in [2.24, 2.45) is 5.92 Å². The number of amides is 2. The second-order valence-corrected chi connectivity index (χ2v) is 13.8. The summed E-state index contributed by atoms with van der Waals surface area (Å²) in [5.74, 6) is 2.95. The molecule has 250 valence electrons. The zero-order valence-corrected chi connectivity index (χ0v) is 28.9. The molecule has 3 aliphatic rings. The lowest BCUT2D eigenvalue weighted by atomic mass is 9.85. The summed E-state index contributed by atoms with van der Waals surface area (Å²) in [4.78, 5) is 39.0. The number of anilines is 2. The summed E-state index contributed by atoms with van der Waals surface area (Å²) in [6, 6.07) is 15.8. The summed E-state index contributed by atoms with van der Waals surface area (Å²) in [5, 5.41) is 0.638. The van der Waals surface area contributed by atoms with Crippen molar-refractivity contribution in [3.63, 3.8) is 0 Å². The first kappa shape index (κ1) is 33.1. The Kier molecular flexibility index (Phi) is 9.94. The lowest BCUT2D eigenvalue weighted by molar-refractivity contribution is -0.125. The average molecular weight is 660 g/mol. The van der Waals surface area contributed by atoms with Crippen LogP contribution in [0.1, 0.15) is 68.7 Å². The van der Waals surface area contributed by atoms with Crippen LogP contribution in [0.4, 0.5) is 11.5 Å². The first-order chi connectivity index (χ1) is 22.6. The molecule has 0 radical (unpaired) electrons. The van der Waals surface area contributed by atoms with E-state index in [4.69, 9.17) is 26.1 Å². The summed E-state index contributed by atoms with van der Waals surface area (Å²) < 4.78 is 12.0. The van der Waals surface area contributed by atoms with Gasteiger partial charge in [-0.05, 0) is 98.0 Å². The smallest absolute Gasteiger partial charge is 0.237 e. The highest BCUT2D eigenvalue weighted by Crippen LogP contribution is 2.44. The van der Waals surface area contributed by atoms with Gasteiger partial charge >= 0.3 is 0 Å². The Hall–Kier alpha value is -3.82. The molecule has 3 heterocycles. The van der Waals surface area contributed by atoms with Gasteiger partial charge < -0.3 is 19.3 Å². The number of pyridine rings is 1. The number of methoxy groups -OCH3 is 1. The highest BCUT2D eigenvalue weighted by Gasteiger charge is 2.37. The van der Waals surface area contributed by atoms with E-state index in [1.165, 1.54) is 0 Å². The van der Waals surface area contributed by atoms with Gasteiger partial charge in [0, 0.05) is 31.7 Å². The van der Waals surface area contributed by atoms with Gasteiger partial charge in [-0.2, -0.15) is 0 Å². The molecular formula is C37H46ClN5O4. The number of likely N-dealkylation sites (N-methyl/N-ethyl adjacent to an activating group) is 1. The quantitative estimate of drug-likeness (QED) is 0.252. The van der Waals surface area contributed by atoms with Gasteiger partial charge in [-0.3, -0.25) is 19.4 Å². The van der Waals surface area contributed by atoms with Crippen LogP contribution in [0.25, 0.3) is 0 Å². The van der Waals surface area contributed by atoms with Gasteiger partial charge in [0.05, 0.1) is 50.8 Å². The molecule has 0 spiro atoms. The van der Waals surface area contributed by atoms with Gasteiger partial charge in [0.25, 0.3) is 0 Å². The Morgan fingerprint density at radius 1 is 1.02 bits per heavy atom. The number of carbonyl (C=O) groups is 2. The number of fused-ring (bicyclic) bond motifs is 1. The Morgan fingerprint density at radius 3 is 2.38 bits per heavy atom. The SMILES string of the molecule is CCC(C)Oc1cc2c(cc1OC)CC(=O)N(c1ccc(N(C)CC3CCC(N4CC(=O)N(C)C4)CC3)nc1)C2c1ccc(Cl)cc1. The van der Waals surface area contributed by atoms with E-state index in [0.717, 1.165) is 73.5 Å². The number of aromatic nitrogens is 1. The maximum atomic E-state index is 13.9. The molecule has 1 saturated carbocycles. The fourth-order valence-corrected chi connectivity index (χ4v) is 7.36. The number of ether oxygens (including phenoxy) is 2. The summed E-state index contributed by atoms with van der Waals surface area (Å²) in [6.45, 7) is 6.34. The van der Waals surface area contributed by atoms with Crippen molar-refractivity contribution in [2.75, 3.05) is 50.8 Å². The highest BCUT2D eigenvalue weighted by molar-refractivity contribution is 6.30. The van der Waals surface area contributed by atoms with Crippen molar-refractivity contribution >= 4 is 34.9 Å². The molecule has 3 aromatic rings. The minimum absolute atomic E-state index is 0.0128. The topological polar surface area (TPSA) is 78.5 Å². The number of hydrogen-bond donors (Lipinski definition) is 0. The van der Waals surface area contributed by atoms with E-state index < -0.39 is 0 Å². The zero-order chi connectivity index (χ0) is 33.2. The second-order valence-electron chi connectivity index (χ2n) is 13.3. The van der Waals surface area contributed by atoms with Gasteiger partial charge in [-0.25, -0.2) is 4.98 Å². The van der Waals surface area contributed by atoms with Crippen molar-refractivity contribution in [3.05, 3.63) is 76.4 Å². The van der Waals surface area contributed by atoms with E-state index in [9.17, 15) is 9.59 Å². The molecule has 1 aromatic heterocycles. The van der Waals surface area contributed by atoms with Crippen LogP contribution < -0.4 is 19.3 Å². The first-order valence-corrected chi connectivity index (χ1v) is 17.1. The summed E-state index contributed by atoms with van der Waals surface area (Å²) in [7, 11) is 5.61. The third-order valence-electron chi connectivity index (χ3n) is 10.1. The molecule has 0 N–H and O–H groups in total. The monoisotopic (exact) mass is 659 g/mol. The van der Waals surface area contributed by atoms with E-state index in [-0.39, 0.29) is 30.4 Å². The Balaban J connectivity index is 1.21. The van der Waals surface area contributed by atoms with Crippen LogP contribution in [0.2, 0.25) is 5.02 Å². The Morgan fingerprint density at radius 2 is 1.77 bits per heavy atom. The van der Waals surface area contributed by atoms with Gasteiger partial charge in [-0.15, -0.1) is 0 Å². The third kappa shape index (κ3) is 7.06. The van der Waals surface area contributed by atoms with E-state index in [2.05, 4.69) is 23.8 Å². The molecule has 2 fully saturated rings. The number of benzene rings is 2. The van der Waals surface area contributed by atoms with Gasteiger partial charge in [0.1, 0.15) is 5.82 Å². The van der Waals surface area contributed by atoms with Crippen molar-refractivity contribution in [2.45, 2.75) is 70.6 Å². The van der Waals surface area contributed by atoms with Crippen molar-refractivity contribution < 1.29 is 19.1 Å². The molecule has 10 heteroatoms. The highest BCUT2D eigenvalue weighted by atomic mass is 35.5. The van der Waals surface area contributed by atoms with Crippen LogP contribution in [-0.2, 0) is 16.0 Å². The van der Waals surface area contributed by atoms with Crippen LogP contribution in [-0.4, -0.2) is 79.7 Å². The summed E-state index contributed by atoms with van der Waals surface area (Å²) in [6.07, 6.45) is 7.44. The average Bonchev–Trinajstić information content (AvgIpc) is 3.42. The molecule has 1 saturated heterocycles. The van der Waals surface area contributed by atoms with Crippen LogP contribution in [0.15, 0.2) is 54.7 Å². The van der Waals surface area contributed by atoms with Crippen LogP contribution >= 0.6 is 11.6 Å². The molecule has 0 bridgehead atoms. The van der Waals surface area contributed by atoms with Gasteiger partial charge in [-0.1, -0.05) is 30.7 Å². The van der Waals surface area contributed by atoms with Crippen molar-refractivity contribution in [1.29, 1.82) is 0 Å². The summed E-state index contributed by atoms with van der Waals surface area (Å²) >= 11 is 6.29. The molecule has 1 aliphatic carbocycles.